The number of hydrogen-bond donors (Lipinski definition) is 2. The van der Waals surface area contributed by atoms with Gasteiger partial charge in [0.1, 0.15) is 0 Å². The number of pyridine rings is 1. The van der Waals surface area contributed by atoms with Crippen LogP contribution in [-0.4, -0.2) is 17.8 Å². The molecule has 1 heterocycles. The summed E-state index contributed by atoms with van der Waals surface area (Å²) in [5.74, 6) is 0.794. The molecule has 0 aliphatic rings. The molecule has 60 valence electrons. The summed E-state index contributed by atoms with van der Waals surface area (Å²) in [5.41, 5.74) is 1.19. The molecule has 0 saturated heterocycles. The van der Waals surface area contributed by atoms with Crippen LogP contribution in [-0.2, 0) is 0 Å². The molecule has 0 aliphatic heterocycles. The van der Waals surface area contributed by atoms with Crippen LogP contribution in [0.15, 0.2) is 24.5 Å². The Morgan fingerprint density at radius 1 is 1.73 bits per heavy atom. The normalized spacial score (nSPS) is 12.9. The first kappa shape index (κ1) is 8.56. The minimum absolute atomic E-state index is 0.312. The van der Waals surface area contributed by atoms with Crippen LogP contribution in [0.2, 0.25) is 0 Å². The lowest BCUT2D eigenvalue weighted by Gasteiger charge is -2.12. The lowest BCUT2D eigenvalue weighted by Crippen LogP contribution is -2.17. The Labute approximate surface area is 72.5 Å². The minimum atomic E-state index is 0.312. The topological polar surface area (TPSA) is 24.9 Å². The molecule has 1 aromatic heterocycles. The van der Waals surface area contributed by atoms with Crippen molar-refractivity contribution >= 4 is 12.6 Å². The fourth-order valence-electron chi connectivity index (χ4n) is 0.945. The molecule has 0 radical (unpaired) electrons. The Bertz CT molecular complexity index is 197. The Morgan fingerprint density at radius 3 is 3.00 bits per heavy atom. The van der Waals surface area contributed by atoms with Crippen LogP contribution >= 0.6 is 12.6 Å². The Hall–Kier alpha value is -0.540. The summed E-state index contributed by atoms with van der Waals surface area (Å²) < 4.78 is 0. The van der Waals surface area contributed by atoms with E-state index in [1.165, 1.54) is 5.56 Å². The van der Waals surface area contributed by atoms with Gasteiger partial charge in [0, 0.05) is 24.2 Å². The molecule has 0 fully saturated rings. The number of hydrogen-bond acceptors (Lipinski definition) is 3. The van der Waals surface area contributed by atoms with Gasteiger partial charge in [-0.15, -0.1) is 0 Å². The van der Waals surface area contributed by atoms with Gasteiger partial charge in [-0.2, -0.15) is 12.6 Å². The SMILES string of the molecule is CNC(CS)c1cccnc1. The first-order valence-electron chi connectivity index (χ1n) is 3.56. The second kappa shape index (κ2) is 4.36. The van der Waals surface area contributed by atoms with Crippen molar-refractivity contribution in [3.05, 3.63) is 30.1 Å². The Balaban J connectivity index is 2.74. The van der Waals surface area contributed by atoms with Crippen LogP contribution in [0.1, 0.15) is 11.6 Å². The van der Waals surface area contributed by atoms with Crippen molar-refractivity contribution in [3.8, 4) is 0 Å². The van der Waals surface area contributed by atoms with Crippen molar-refractivity contribution in [2.45, 2.75) is 6.04 Å². The highest BCUT2D eigenvalue weighted by Gasteiger charge is 2.04. The zero-order chi connectivity index (χ0) is 8.10. The van der Waals surface area contributed by atoms with E-state index >= 15 is 0 Å². The summed E-state index contributed by atoms with van der Waals surface area (Å²) in [6.45, 7) is 0. The van der Waals surface area contributed by atoms with Crippen LogP contribution in [0.3, 0.4) is 0 Å². The van der Waals surface area contributed by atoms with E-state index in [2.05, 4.69) is 22.9 Å². The average Bonchev–Trinajstić information content (AvgIpc) is 2.09. The van der Waals surface area contributed by atoms with Crippen molar-refractivity contribution in [1.29, 1.82) is 0 Å². The monoisotopic (exact) mass is 168 g/mol. The van der Waals surface area contributed by atoms with Crippen LogP contribution in [0.4, 0.5) is 0 Å². The van der Waals surface area contributed by atoms with Gasteiger partial charge in [-0.1, -0.05) is 6.07 Å². The van der Waals surface area contributed by atoms with Gasteiger partial charge in [0.15, 0.2) is 0 Å². The van der Waals surface area contributed by atoms with Gasteiger partial charge in [0.25, 0.3) is 0 Å². The van der Waals surface area contributed by atoms with Crippen molar-refractivity contribution in [2.75, 3.05) is 12.8 Å². The minimum Gasteiger partial charge on any atom is -0.312 e. The molecular formula is C8H12N2S. The fraction of sp³-hybridized carbons (Fsp3) is 0.375. The maximum absolute atomic E-state index is 4.22. The van der Waals surface area contributed by atoms with Crippen LogP contribution in [0.25, 0.3) is 0 Å². The molecule has 1 rings (SSSR count). The van der Waals surface area contributed by atoms with E-state index in [4.69, 9.17) is 0 Å². The Kier molecular flexibility index (Phi) is 3.39. The molecule has 0 saturated carbocycles. The highest BCUT2D eigenvalue weighted by atomic mass is 32.1. The molecule has 0 aliphatic carbocycles. The largest absolute Gasteiger partial charge is 0.312 e. The predicted octanol–water partition coefficient (Wildman–Crippen LogP) is 1.27. The van der Waals surface area contributed by atoms with E-state index < -0.39 is 0 Å². The smallest absolute Gasteiger partial charge is 0.0422 e. The maximum Gasteiger partial charge on any atom is 0.0422 e. The summed E-state index contributed by atoms with van der Waals surface area (Å²) >= 11 is 4.22. The molecule has 3 heteroatoms. The fourth-order valence-corrected chi connectivity index (χ4v) is 1.34. The van der Waals surface area contributed by atoms with Gasteiger partial charge >= 0.3 is 0 Å². The summed E-state index contributed by atoms with van der Waals surface area (Å²) in [6.07, 6.45) is 3.63. The molecule has 0 amide bonds. The predicted molar refractivity (Wildman–Crippen MR) is 49.9 cm³/mol. The third-order valence-electron chi connectivity index (χ3n) is 1.62. The number of thiol groups is 1. The zero-order valence-corrected chi connectivity index (χ0v) is 7.38. The summed E-state index contributed by atoms with van der Waals surface area (Å²) in [7, 11) is 1.92. The highest BCUT2D eigenvalue weighted by molar-refractivity contribution is 7.80. The highest BCUT2D eigenvalue weighted by Crippen LogP contribution is 2.10. The lowest BCUT2D eigenvalue weighted by molar-refractivity contribution is 0.660. The van der Waals surface area contributed by atoms with E-state index in [1.807, 2.05) is 25.4 Å². The molecule has 1 aromatic rings. The quantitative estimate of drug-likeness (QED) is 0.664. The lowest BCUT2D eigenvalue weighted by atomic mass is 10.1. The standard InChI is InChI=1S/C8H12N2S/c1-9-8(6-11)7-3-2-4-10-5-7/h2-5,8-9,11H,6H2,1H3. The molecule has 0 spiro atoms. The van der Waals surface area contributed by atoms with Gasteiger partial charge in [-0.25, -0.2) is 0 Å². The van der Waals surface area contributed by atoms with Gasteiger partial charge in [0.05, 0.1) is 0 Å². The molecule has 1 unspecified atom stereocenters. The molecule has 0 aromatic carbocycles. The molecular weight excluding hydrogens is 156 g/mol. The maximum atomic E-state index is 4.22. The van der Waals surface area contributed by atoms with E-state index in [0.29, 0.717) is 6.04 Å². The van der Waals surface area contributed by atoms with Gasteiger partial charge < -0.3 is 5.32 Å². The van der Waals surface area contributed by atoms with E-state index in [9.17, 15) is 0 Å². The summed E-state index contributed by atoms with van der Waals surface area (Å²) in [6, 6.07) is 4.29. The van der Waals surface area contributed by atoms with E-state index in [-0.39, 0.29) is 0 Å². The number of rotatable bonds is 3. The van der Waals surface area contributed by atoms with Crippen LogP contribution < -0.4 is 5.32 Å². The van der Waals surface area contributed by atoms with Crippen LogP contribution in [0, 0.1) is 0 Å². The molecule has 1 N–H and O–H groups in total. The number of aromatic nitrogens is 1. The Morgan fingerprint density at radius 2 is 2.55 bits per heavy atom. The third-order valence-corrected chi connectivity index (χ3v) is 1.98. The first-order valence-corrected chi connectivity index (χ1v) is 4.19. The molecule has 11 heavy (non-hydrogen) atoms. The second-order valence-corrected chi connectivity index (χ2v) is 2.68. The van der Waals surface area contributed by atoms with Crippen molar-refractivity contribution < 1.29 is 0 Å². The van der Waals surface area contributed by atoms with E-state index in [1.54, 1.807) is 6.20 Å². The summed E-state index contributed by atoms with van der Waals surface area (Å²) in [4.78, 5) is 4.03. The van der Waals surface area contributed by atoms with Crippen molar-refractivity contribution in [1.82, 2.24) is 10.3 Å². The number of nitrogens with one attached hydrogen (secondary N) is 1. The van der Waals surface area contributed by atoms with Gasteiger partial charge in [0.2, 0.25) is 0 Å². The van der Waals surface area contributed by atoms with Crippen LogP contribution in [0.5, 0.6) is 0 Å². The van der Waals surface area contributed by atoms with E-state index in [0.717, 1.165) is 5.75 Å². The zero-order valence-electron chi connectivity index (χ0n) is 6.49. The second-order valence-electron chi connectivity index (χ2n) is 2.31. The van der Waals surface area contributed by atoms with Crippen molar-refractivity contribution in [2.24, 2.45) is 0 Å². The molecule has 1 atom stereocenters. The molecule has 2 nitrogen and oxygen atoms in total. The van der Waals surface area contributed by atoms with Gasteiger partial charge in [-0.05, 0) is 18.7 Å². The average molecular weight is 168 g/mol. The van der Waals surface area contributed by atoms with Gasteiger partial charge in [-0.3, -0.25) is 4.98 Å². The first-order chi connectivity index (χ1) is 5.38. The number of nitrogens with zero attached hydrogens (tertiary/aromatic N) is 1. The third kappa shape index (κ3) is 2.20. The van der Waals surface area contributed by atoms with Crippen molar-refractivity contribution in [3.63, 3.8) is 0 Å². The summed E-state index contributed by atoms with van der Waals surface area (Å²) in [5, 5.41) is 3.15. The molecule has 0 bridgehead atoms.